The van der Waals surface area contributed by atoms with Gasteiger partial charge >= 0.3 is 59.1 Å². The maximum Gasteiger partial charge on any atom is 1.00 e. The molecule has 6 nitrogen and oxygen atoms in total. The Hall–Kier alpha value is -0.500. The van der Waals surface area contributed by atoms with Crippen LogP contribution in [0.2, 0.25) is 0 Å². The molecule has 0 N–H and O–H groups in total. The topological polar surface area (TPSA) is 98.7 Å². The summed E-state index contributed by atoms with van der Waals surface area (Å²) in [5, 5.41) is 22.5. The van der Waals surface area contributed by atoms with Gasteiger partial charge in [0, 0.05) is 0 Å². The van der Waals surface area contributed by atoms with Gasteiger partial charge in [-0.05, 0) is 37.0 Å². The second-order valence-corrected chi connectivity index (χ2v) is 4.75. The smallest absolute Gasteiger partial charge is 0.872 e. The summed E-state index contributed by atoms with van der Waals surface area (Å²) in [4.78, 5) is 21.5. The van der Waals surface area contributed by atoms with E-state index in [-0.39, 0.29) is 76.2 Å². The number of hydrogen-bond acceptors (Lipinski definition) is 6. The summed E-state index contributed by atoms with van der Waals surface area (Å²) in [5.41, 5.74) is 0.0373. The predicted octanol–water partition coefficient (Wildman–Crippen LogP) is -6.49. The van der Waals surface area contributed by atoms with Crippen LogP contribution in [0.3, 0.4) is 0 Å². The van der Waals surface area contributed by atoms with Gasteiger partial charge < -0.3 is 24.5 Å². The van der Waals surface area contributed by atoms with E-state index in [1.165, 1.54) is 13.2 Å². The number of carboxylic acids is 1. The Morgan fingerprint density at radius 3 is 2.35 bits per heavy atom. The van der Waals surface area contributed by atoms with Gasteiger partial charge in [0.25, 0.3) is 0 Å². The number of aliphatic carboxylic acids is 1. The van der Waals surface area contributed by atoms with E-state index >= 15 is 0 Å². The van der Waals surface area contributed by atoms with E-state index < -0.39 is 17.5 Å². The number of ether oxygens (including phenoxy) is 2. The van der Waals surface area contributed by atoms with Crippen molar-refractivity contribution < 1.29 is 88.4 Å². The monoisotopic (exact) mass is 336 g/mol. The largest absolute Gasteiger partial charge is 1.00 e. The van der Waals surface area contributed by atoms with Gasteiger partial charge in [0.05, 0.1) is 19.3 Å². The molecule has 8 heteroatoms. The van der Waals surface area contributed by atoms with Crippen LogP contribution in [0.5, 0.6) is 11.5 Å². The van der Waals surface area contributed by atoms with E-state index in [9.17, 15) is 19.8 Å². The quantitative estimate of drug-likeness (QED) is 0.213. The molecule has 0 unspecified atom stereocenters. The fourth-order valence-electron chi connectivity index (χ4n) is 1.79. The average Bonchev–Trinajstić information content (AvgIpc) is 3.28. The van der Waals surface area contributed by atoms with Crippen molar-refractivity contribution in [2.45, 2.75) is 12.8 Å². The second kappa shape index (κ2) is 10.4. The summed E-state index contributed by atoms with van der Waals surface area (Å²) in [5.74, 6) is -3.14. The van der Waals surface area contributed by atoms with Gasteiger partial charge in [0.1, 0.15) is 17.5 Å². The third-order valence-electron chi connectivity index (χ3n) is 3.09. The maximum absolute atomic E-state index is 12.1. The molecule has 0 saturated heterocycles. The summed E-state index contributed by atoms with van der Waals surface area (Å²) >= 11 is 0. The van der Waals surface area contributed by atoms with E-state index in [1.807, 2.05) is 0 Å². The first-order valence-corrected chi connectivity index (χ1v) is 6.47. The van der Waals surface area contributed by atoms with E-state index in [0.717, 1.165) is 12.8 Å². The molecule has 1 aliphatic carbocycles. The molecule has 0 radical (unpaired) electrons. The molecule has 0 bridgehead atoms. The third kappa shape index (κ3) is 6.49. The number of carbonyl (C=O) groups excluding carboxylic acids is 2. The molecule has 23 heavy (non-hydrogen) atoms. The third-order valence-corrected chi connectivity index (χ3v) is 3.09. The Morgan fingerprint density at radius 1 is 1.22 bits per heavy atom. The molecule has 1 aliphatic rings. The number of carbonyl (C=O) groups is 2. The van der Waals surface area contributed by atoms with Crippen molar-refractivity contribution in [2.24, 2.45) is 5.92 Å². The first-order chi connectivity index (χ1) is 10.0. The fourth-order valence-corrected chi connectivity index (χ4v) is 1.79. The molecule has 112 valence electrons. The minimum Gasteiger partial charge on any atom is -0.872 e. The number of ketones is 1. The molecular formula is C15H14Na2O6. The zero-order chi connectivity index (χ0) is 15.4. The van der Waals surface area contributed by atoms with Crippen LogP contribution < -0.4 is 78.8 Å². The van der Waals surface area contributed by atoms with Crippen LogP contribution in [-0.2, 0) is 9.59 Å². The molecule has 0 atom stereocenters. The maximum atomic E-state index is 12.1. The molecule has 0 aromatic heterocycles. The summed E-state index contributed by atoms with van der Waals surface area (Å²) in [7, 11) is 1.37. The van der Waals surface area contributed by atoms with E-state index in [0.29, 0.717) is 18.6 Å². The van der Waals surface area contributed by atoms with Gasteiger partial charge in [-0.25, -0.2) is 0 Å². The summed E-state index contributed by atoms with van der Waals surface area (Å²) in [6.07, 6.45) is 2.64. The number of rotatable bonds is 7. The molecular weight excluding hydrogens is 322 g/mol. The summed E-state index contributed by atoms with van der Waals surface area (Å²) in [6.45, 7) is 0.474. The van der Waals surface area contributed by atoms with Crippen molar-refractivity contribution in [1.29, 1.82) is 0 Å². The summed E-state index contributed by atoms with van der Waals surface area (Å²) in [6, 6.07) is 4.77. The first-order valence-electron chi connectivity index (χ1n) is 6.47. The fraction of sp³-hybridized carbons (Fsp3) is 0.333. The van der Waals surface area contributed by atoms with E-state index in [4.69, 9.17) is 9.47 Å². The molecule has 1 aromatic rings. The number of hydrogen-bond donors (Lipinski definition) is 0. The van der Waals surface area contributed by atoms with Crippen molar-refractivity contribution in [3.8, 4) is 11.5 Å². The molecule has 0 spiro atoms. The number of methoxy groups -OCH3 is 1. The minimum absolute atomic E-state index is 0. The SMILES string of the molecule is COc1cccc(OCC2CC2)c1C([O-])=CC(=O)C(=O)[O-].[Na+].[Na+]. The molecule has 0 aliphatic heterocycles. The van der Waals surface area contributed by atoms with Crippen LogP contribution in [0.25, 0.3) is 5.76 Å². The van der Waals surface area contributed by atoms with Gasteiger partial charge in [-0.15, -0.1) is 0 Å². The normalized spacial score (nSPS) is 13.3. The van der Waals surface area contributed by atoms with Crippen molar-refractivity contribution in [3.63, 3.8) is 0 Å². The van der Waals surface area contributed by atoms with E-state index in [1.54, 1.807) is 12.1 Å². The summed E-state index contributed by atoms with van der Waals surface area (Å²) < 4.78 is 10.6. The van der Waals surface area contributed by atoms with Crippen LogP contribution >= 0.6 is 0 Å². The molecule has 0 heterocycles. The predicted molar refractivity (Wildman–Crippen MR) is 69.2 cm³/mol. The van der Waals surface area contributed by atoms with Gasteiger partial charge in [0.2, 0.25) is 5.78 Å². The van der Waals surface area contributed by atoms with Crippen molar-refractivity contribution >= 4 is 17.5 Å². The average molecular weight is 336 g/mol. The van der Waals surface area contributed by atoms with Crippen molar-refractivity contribution in [2.75, 3.05) is 13.7 Å². The molecule has 1 saturated carbocycles. The number of benzene rings is 1. The van der Waals surface area contributed by atoms with Crippen LogP contribution in [0, 0.1) is 5.92 Å². The van der Waals surface area contributed by atoms with Crippen LogP contribution in [0.4, 0.5) is 0 Å². The molecule has 2 rings (SSSR count). The van der Waals surface area contributed by atoms with Crippen LogP contribution in [-0.4, -0.2) is 25.5 Å². The van der Waals surface area contributed by atoms with Gasteiger partial charge in [-0.2, -0.15) is 0 Å². The molecule has 1 aromatic carbocycles. The first kappa shape index (κ1) is 22.5. The van der Waals surface area contributed by atoms with Crippen molar-refractivity contribution in [3.05, 3.63) is 29.8 Å². The molecule has 0 amide bonds. The Bertz CT molecular complexity index is 596. The Labute approximate surface area is 178 Å². The van der Waals surface area contributed by atoms with Gasteiger partial charge in [-0.3, -0.25) is 4.79 Å². The number of carboxylic acid groups (broad SMARTS) is 1. The van der Waals surface area contributed by atoms with Crippen molar-refractivity contribution in [1.82, 2.24) is 0 Å². The minimum atomic E-state index is -1.93. The Balaban J connectivity index is 0.00000242. The standard InChI is InChI=1S/C15H16O6.2Na/c1-20-12-3-2-4-13(21-8-9-5-6-9)14(12)10(16)7-11(17)15(18)19;;/h2-4,7,9,16H,5-6,8H2,1H3,(H,18,19);;/q;2*+1/p-2. The zero-order valence-electron chi connectivity index (χ0n) is 13.5. The van der Waals surface area contributed by atoms with E-state index in [2.05, 4.69) is 0 Å². The molecule has 1 fully saturated rings. The van der Waals surface area contributed by atoms with Gasteiger partial charge in [-0.1, -0.05) is 11.8 Å². The van der Waals surface area contributed by atoms with Crippen LogP contribution in [0.15, 0.2) is 24.3 Å². The second-order valence-electron chi connectivity index (χ2n) is 4.75. The van der Waals surface area contributed by atoms with Gasteiger partial charge in [0.15, 0.2) is 0 Å². The zero-order valence-corrected chi connectivity index (χ0v) is 17.5. The van der Waals surface area contributed by atoms with Crippen LogP contribution in [0.1, 0.15) is 18.4 Å². The Kier molecular flexibility index (Phi) is 10.2. The Morgan fingerprint density at radius 2 is 1.83 bits per heavy atom.